The second-order valence-electron chi connectivity index (χ2n) is 9.86. The van der Waals surface area contributed by atoms with Crippen LogP contribution in [0.25, 0.3) is 22.3 Å². The van der Waals surface area contributed by atoms with Gasteiger partial charge in [-0.05, 0) is 93.9 Å². The predicted octanol–water partition coefficient (Wildman–Crippen LogP) is 9.41. The van der Waals surface area contributed by atoms with Crippen LogP contribution in [0.3, 0.4) is 0 Å². The Morgan fingerprint density at radius 1 is 0.371 bits per heavy atom. The van der Waals surface area contributed by atoms with Gasteiger partial charge in [0.25, 0.3) is 0 Å². The summed E-state index contributed by atoms with van der Waals surface area (Å²) in [7, 11) is -0.179. The van der Waals surface area contributed by atoms with Crippen molar-refractivity contribution >= 4 is 10.9 Å². The van der Waals surface area contributed by atoms with Crippen molar-refractivity contribution in [3.8, 4) is 22.3 Å². The molecule has 0 nitrogen and oxygen atoms in total. The van der Waals surface area contributed by atoms with Crippen molar-refractivity contribution in [2.45, 2.75) is 40.9 Å². The first kappa shape index (κ1) is 23.2. The van der Waals surface area contributed by atoms with E-state index in [1.54, 1.807) is 0 Å². The van der Waals surface area contributed by atoms with Crippen molar-refractivity contribution in [2.75, 3.05) is 0 Å². The Morgan fingerprint density at radius 3 is 1.03 bits per heavy atom. The van der Waals surface area contributed by atoms with E-state index >= 15 is 0 Å². The van der Waals surface area contributed by atoms with Crippen LogP contribution in [-0.2, 0) is 16.3 Å². The molecule has 0 heterocycles. The monoisotopic (exact) mass is 471 g/mol. The van der Waals surface area contributed by atoms with E-state index in [1.807, 2.05) is 0 Å². The second-order valence-corrected chi connectivity index (χ2v) is 11.9. The van der Waals surface area contributed by atoms with Crippen LogP contribution in [0.2, 0.25) is 0 Å². The summed E-state index contributed by atoms with van der Waals surface area (Å²) in [5.41, 5.74) is 6.51. The molecule has 1 heteroatoms. The molecule has 0 fully saturated rings. The van der Waals surface area contributed by atoms with Gasteiger partial charge in [0, 0.05) is 0 Å². The first-order valence-corrected chi connectivity index (χ1v) is 13.4. The van der Waals surface area contributed by atoms with E-state index in [0.717, 1.165) is 0 Å². The van der Waals surface area contributed by atoms with Gasteiger partial charge in [0.1, 0.15) is 0 Å². The smallest absolute Gasteiger partial charge is 0.0622 e. The van der Waals surface area contributed by atoms with Gasteiger partial charge in [-0.25, -0.2) is 0 Å². The van der Waals surface area contributed by atoms with Crippen molar-refractivity contribution in [1.82, 2.24) is 0 Å². The van der Waals surface area contributed by atoms with Crippen molar-refractivity contribution in [2.24, 2.45) is 0 Å². The largest absolute Gasteiger partial charge is 0.166 e. The molecule has 5 aromatic rings. The maximum atomic E-state index is 2.32. The Morgan fingerprint density at radius 2 is 0.686 bits per heavy atom. The molecule has 0 aliphatic rings. The zero-order chi connectivity index (χ0) is 24.3. The first-order chi connectivity index (χ1) is 17.0. The normalized spacial score (nSPS) is 11.5. The van der Waals surface area contributed by atoms with Crippen LogP contribution in [0.15, 0.2) is 148 Å². The topological polar surface area (TPSA) is 0 Å². The Labute approximate surface area is 212 Å². The summed E-state index contributed by atoms with van der Waals surface area (Å²) >= 11 is 0. The fraction of sp³-hybridized carbons (Fsp3) is 0.118. The maximum absolute atomic E-state index is 2.32. The van der Waals surface area contributed by atoms with Gasteiger partial charge < -0.3 is 0 Å². The summed E-state index contributed by atoms with van der Waals surface area (Å²) in [5.74, 6) is 0. The van der Waals surface area contributed by atoms with Crippen LogP contribution in [-0.4, -0.2) is 0 Å². The van der Waals surface area contributed by atoms with Crippen molar-refractivity contribution < 1.29 is 0 Å². The molecule has 5 aromatic carbocycles. The molecule has 0 saturated heterocycles. The second kappa shape index (κ2) is 9.98. The van der Waals surface area contributed by atoms with Crippen LogP contribution in [0.4, 0.5) is 0 Å². The molecular formula is C34H31S+. The lowest BCUT2D eigenvalue weighted by atomic mass is 9.87. The lowest BCUT2D eigenvalue weighted by Crippen LogP contribution is -2.11. The van der Waals surface area contributed by atoms with E-state index in [2.05, 4.69) is 154 Å². The average molecular weight is 472 g/mol. The Balaban J connectivity index is 1.54. The minimum absolute atomic E-state index is 0.145. The minimum Gasteiger partial charge on any atom is -0.0622 e. The zero-order valence-corrected chi connectivity index (χ0v) is 21.4. The number of hydrogen-bond donors (Lipinski definition) is 0. The summed E-state index contributed by atoms with van der Waals surface area (Å²) in [5, 5.41) is 0. The summed E-state index contributed by atoms with van der Waals surface area (Å²) in [6, 6.07) is 48.6. The third-order valence-corrected chi connectivity index (χ3v) is 8.58. The van der Waals surface area contributed by atoms with Gasteiger partial charge >= 0.3 is 0 Å². The highest BCUT2D eigenvalue weighted by Gasteiger charge is 2.29. The maximum Gasteiger partial charge on any atom is 0.166 e. The highest BCUT2D eigenvalue weighted by Crippen LogP contribution is 2.35. The first-order valence-electron chi connectivity index (χ1n) is 12.1. The number of hydrogen-bond acceptors (Lipinski definition) is 0. The van der Waals surface area contributed by atoms with Crippen LogP contribution >= 0.6 is 0 Å². The minimum atomic E-state index is -0.179. The van der Waals surface area contributed by atoms with E-state index < -0.39 is 0 Å². The summed E-state index contributed by atoms with van der Waals surface area (Å²) in [6.45, 7) is 6.81. The molecule has 0 spiro atoms. The average Bonchev–Trinajstić information content (AvgIpc) is 2.90. The van der Waals surface area contributed by atoms with Gasteiger partial charge in [0.2, 0.25) is 0 Å². The van der Waals surface area contributed by atoms with E-state index in [9.17, 15) is 0 Å². The summed E-state index contributed by atoms with van der Waals surface area (Å²) in [4.78, 5) is 4.01. The van der Waals surface area contributed by atoms with E-state index in [-0.39, 0.29) is 16.3 Å². The molecule has 172 valence electrons. The highest BCUT2D eigenvalue weighted by atomic mass is 32.2. The van der Waals surface area contributed by atoms with Crippen LogP contribution in [0, 0.1) is 0 Å². The lowest BCUT2D eigenvalue weighted by Gasteiger charge is -2.19. The molecule has 0 bridgehead atoms. The van der Waals surface area contributed by atoms with Gasteiger partial charge in [-0.15, -0.1) is 0 Å². The third kappa shape index (κ3) is 5.26. The van der Waals surface area contributed by atoms with Crippen molar-refractivity contribution in [3.63, 3.8) is 0 Å². The van der Waals surface area contributed by atoms with Crippen molar-refractivity contribution in [1.29, 1.82) is 0 Å². The Kier molecular flexibility index (Phi) is 6.61. The quantitative estimate of drug-likeness (QED) is 0.224. The zero-order valence-electron chi connectivity index (χ0n) is 20.6. The molecule has 0 aliphatic carbocycles. The van der Waals surface area contributed by atoms with Crippen molar-refractivity contribution in [3.05, 3.63) is 139 Å². The van der Waals surface area contributed by atoms with E-state index in [4.69, 9.17) is 0 Å². The molecular weight excluding hydrogens is 440 g/mol. The fourth-order valence-corrected chi connectivity index (χ4v) is 6.37. The molecule has 0 aliphatic heterocycles. The molecule has 5 rings (SSSR count). The van der Waals surface area contributed by atoms with Crippen LogP contribution in [0.1, 0.15) is 26.3 Å². The predicted molar refractivity (Wildman–Crippen MR) is 151 cm³/mol. The van der Waals surface area contributed by atoms with E-state index in [0.29, 0.717) is 0 Å². The van der Waals surface area contributed by atoms with Crippen LogP contribution in [0.5, 0.6) is 0 Å². The van der Waals surface area contributed by atoms with Gasteiger partial charge in [0.05, 0.1) is 10.9 Å². The van der Waals surface area contributed by atoms with Gasteiger partial charge in [-0.2, -0.15) is 0 Å². The highest BCUT2D eigenvalue weighted by molar-refractivity contribution is 7.97. The SMILES string of the molecule is CC(C)(C)c1ccc([S+](c2ccc(-c3ccccc3)cc2)c2ccc(-c3ccccc3)cc2)cc1. The standard InChI is InChI=1S/C34H31S/c1-34(2,3)30-18-24-33(25-19-30)35(31-20-14-28(15-21-31)26-10-6-4-7-11-26)32-22-16-29(17-23-32)27-12-8-5-9-13-27/h4-25H,1-3H3/q+1. The Bertz CT molecular complexity index is 1280. The molecule has 35 heavy (non-hydrogen) atoms. The third-order valence-electron chi connectivity index (χ3n) is 6.35. The molecule has 0 radical (unpaired) electrons. The number of benzene rings is 5. The molecule has 0 atom stereocenters. The van der Waals surface area contributed by atoms with Gasteiger partial charge in [-0.3, -0.25) is 0 Å². The Hall–Kier alpha value is -3.55. The molecule has 0 N–H and O–H groups in total. The van der Waals surface area contributed by atoms with Gasteiger partial charge in [-0.1, -0.05) is 93.6 Å². The van der Waals surface area contributed by atoms with Crippen LogP contribution < -0.4 is 0 Å². The summed E-state index contributed by atoms with van der Waals surface area (Å²) in [6.07, 6.45) is 0. The molecule has 0 amide bonds. The lowest BCUT2D eigenvalue weighted by molar-refractivity contribution is 0.589. The fourth-order valence-electron chi connectivity index (χ4n) is 4.33. The summed E-state index contributed by atoms with van der Waals surface area (Å²) < 4.78 is 0. The molecule has 0 saturated carbocycles. The number of rotatable bonds is 5. The van der Waals surface area contributed by atoms with E-state index in [1.165, 1.54) is 42.5 Å². The molecule has 0 aromatic heterocycles. The van der Waals surface area contributed by atoms with Gasteiger partial charge in [0.15, 0.2) is 14.7 Å². The molecule has 0 unspecified atom stereocenters.